The summed E-state index contributed by atoms with van der Waals surface area (Å²) < 4.78 is 48.3. The van der Waals surface area contributed by atoms with Crippen molar-refractivity contribution in [3.8, 4) is 0 Å². The lowest BCUT2D eigenvalue weighted by Crippen LogP contribution is -2.28. The highest BCUT2D eigenvalue weighted by atomic mass is 19.4. The summed E-state index contributed by atoms with van der Waals surface area (Å²) >= 11 is 0. The number of nitrogens with one attached hydrogen (secondary N) is 1. The van der Waals surface area contributed by atoms with Gasteiger partial charge in [0.15, 0.2) is 0 Å². The summed E-state index contributed by atoms with van der Waals surface area (Å²) in [6.07, 6.45) is -5.49. The smallest absolute Gasteiger partial charge is 0.390 e. The highest BCUT2D eigenvalue weighted by Gasteiger charge is 2.26. The van der Waals surface area contributed by atoms with Crippen LogP contribution >= 0.6 is 0 Å². The van der Waals surface area contributed by atoms with Crippen LogP contribution in [0.15, 0.2) is 18.2 Å². The van der Waals surface area contributed by atoms with E-state index in [1.54, 1.807) is 0 Å². The fraction of sp³-hybridized carbons (Fsp3) is 0.300. The number of nitrogens with two attached hydrogens (primary N) is 1. The van der Waals surface area contributed by atoms with Crippen LogP contribution in [0, 0.1) is 5.82 Å². The minimum atomic E-state index is -4.35. The van der Waals surface area contributed by atoms with E-state index in [-0.39, 0.29) is 11.3 Å². The zero-order valence-corrected chi connectivity index (χ0v) is 8.64. The monoisotopic (exact) mass is 250 g/mol. The summed E-state index contributed by atoms with van der Waals surface area (Å²) in [6.45, 7) is -0.571. The van der Waals surface area contributed by atoms with Crippen LogP contribution in [-0.4, -0.2) is 18.6 Å². The van der Waals surface area contributed by atoms with Crippen molar-refractivity contribution >= 4 is 11.6 Å². The summed E-state index contributed by atoms with van der Waals surface area (Å²) in [7, 11) is 0. The fourth-order valence-electron chi connectivity index (χ4n) is 1.14. The van der Waals surface area contributed by atoms with E-state index >= 15 is 0 Å². The summed E-state index contributed by atoms with van der Waals surface area (Å²) in [5, 5.41) is 2.02. The van der Waals surface area contributed by atoms with Crippen LogP contribution in [0.2, 0.25) is 0 Å². The number of amides is 1. The molecule has 0 bridgehead atoms. The van der Waals surface area contributed by atoms with Gasteiger partial charge in [0.2, 0.25) is 0 Å². The Hall–Kier alpha value is -1.79. The van der Waals surface area contributed by atoms with Crippen molar-refractivity contribution in [3.63, 3.8) is 0 Å². The molecule has 0 radical (unpaired) electrons. The summed E-state index contributed by atoms with van der Waals surface area (Å²) in [5.41, 5.74) is 5.23. The molecule has 0 aromatic heterocycles. The molecule has 0 unspecified atom stereocenters. The molecule has 0 heterocycles. The van der Waals surface area contributed by atoms with E-state index in [9.17, 15) is 22.4 Å². The number of nitrogen functional groups attached to an aromatic ring is 1. The first-order chi connectivity index (χ1) is 7.79. The van der Waals surface area contributed by atoms with Gasteiger partial charge in [-0.2, -0.15) is 13.2 Å². The normalized spacial score (nSPS) is 11.3. The van der Waals surface area contributed by atoms with Crippen LogP contribution < -0.4 is 11.1 Å². The number of rotatable bonds is 3. The number of benzene rings is 1. The summed E-state index contributed by atoms with van der Waals surface area (Å²) in [6, 6.07) is 3.11. The van der Waals surface area contributed by atoms with Gasteiger partial charge in [-0.25, -0.2) is 4.39 Å². The van der Waals surface area contributed by atoms with E-state index in [4.69, 9.17) is 5.73 Å². The molecular weight excluding hydrogens is 240 g/mol. The van der Waals surface area contributed by atoms with Crippen molar-refractivity contribution < 1.29 is 22.4 Å². The molecule has 0 aliphatic carbocycles. The van der Waals surface area contributed by atoms with Crippen LogP contribution in [0.5, 0.6) is 0 Å². The molecular formula is C10H10F4N2O. The second-order valence-corrected chi connectivity index (χ2v) is 3.35. The number of hydrogen-bond donors (Lipinski definition) is 2. The molecule has 1 aromatic rings. The molecule has 1 rings (SSSR count). The maximum absolute atomic E-state index is 12.8. The van der Waals surface area contributed by atoms with E-state index in [1.807, 2.05) is 5.32 Å². The Kier molecular flexibility index (Phi) is 3.93. The minimum absolute atomic E-state index is 0.0101. The largest absolute Gasteiger partial charge is 0.398 e. The lowest BCUT2D eigenvalue weighted by atomic mass is 10.1. The van der Waals surface area contributed by atoms with Gasteiger partial charge in [-0.05, 0) is 18.2 Å². The molecule has 1 amide bonds. The molecule has 0 aliphatic heterocycles. The third-order valence-corrected chi connectivity index (χ3v) is 1.95. The maximum atomic E-state index is 12.8. The van der Waals surface area contributed by atoms with E-state index < -0.39 is 30.9 Å². The Morgan fingerprint density at radius 3 is 2.59 bits per heavy atom. The van der Waals surface area contributed by atoms with Crippen molar-refractivity contribution in [2.75, 3.05) is 12.3 Å². The first-order valence-corrected chi connectivity index (χ1v) is 4.69. The average molecular weight is 250 g/mol. The molecule has 3 nitrogen and oxygen atoms in total. The predicted molar refractivity (Wildman–Crippen MR) is 53.8 cm³/mol. The fourth-order valence-corrected chi connectivity index (χ4v) is 1.14. The van der Waals surface area contributed by atoms with Crippen molar-refractivity contribution in [3.05, 3.63) is 29.6 Å². The SMILES string of the molecule is Nc1ccc(F)cc1C(=O)NCCC(F)(F)F. The average Bonchev–Trinajstić information content (AvgIpc) is 2.19. The minimum Gasteiger partial charge on any atom is -0.398 e. The van der Waals surface area contributed by atoms with Crippen molar-refractivity contribution in [2.24, 2.45) is 0 Å². The molecule has 7 heteroatoms. The number of anilines is 1. The summed E-state index contributed by atoms with van der Waals surface area (Å²) in [5.74, 6) is -1.51. The van der Waals surface area contributed by atoms with Crippen molar-refractivity contribution in [1.29, 1.82) is 0 Å². The van der Waals surface area contributed by atoms with Gasteiger partial charge in [-0.15, -0.1) is 0 Å². The Morgan fingerprint density at radius 2 is 2.00 bits per heavy atom. The Balaban J connectivity index is 2.61. The number of hydrogen-bond acceptors (Lipinski definition) is 2. The molecule has 3 N–H and O–H groups in total. The van der Waals surface area contributed by atoms with E-state index in [0.29, 0.717) is 0 Å². The van der Waals surface area contributed by atoms with Gasteiger partial charge < -0.3 is 11.1 Å². The van der Waals surface area contributed by atoms with Crippen LogP contribution in [0.25, 0.3) is 0 Å². The number of carbonyl (C=O) groups is 1. The van der Waals surface area contributed by atoms with Crippen LogP contribution in [0.1, 0.15) is 16.8 Å². The van der Waals surface area contributed by atoms with Gasteiger partial charge in [0.05, 0.1) is 12.0 Å². The molecule has 0 aliphatic rings. The van der Waals surface area contributed by atoms with Gasteiger partial charge in [-0.3, -0.25) is 4.79 Å². The Labute approximate surface area is 94.6 Å². The van der Waals surface area contributed by atoms with E-state index in [2.05, 4.69) is 0 Å². The van der Waals surface area contributed by atoms with Crippen molar-refractivity contribution in [2.45, 2.75) is 12.6 Å². The van der Waals surface area contributed by atoms with Gasteiger partial charge in [0.1, 0.15) is 5.82 Å². The topological polar surface area (TPSA) is 55.1 Å². The molecule has 0 spiro atoms. The third kappa shape index (κ3) is 4.29. The lowest BCUT2D eigenvalue weighted by Gasteiger charge is -2.09. The molecule has 0 saturated heterocycles. The van der Waals surface area contributed by atoms with Gasteiger partial charge >= 0.3 is 6.18 Å². The number of halogens is 4. The quantitative estimate of drug-likeness (QED) is 0.637. The third-order valence-electron chi connectivity index (χ3n) is 1.95. The molecule has 0 atom stereocenters. The molecule has 0 saturated carbocycles. The molecule has 1 aromatic carbocycles. The van der Waals surface area contributed by atoms with Crippen LogP contribution in [0.4, 0.5) is 23.2 Å². The van der Waals surface area contributed by atoms with E-state index in [1.165, 1.54) is 6.07 Å². The van der Waals surface area contributed by atoms with Crippen LogP contribution in [0.3, 0.4) is 0 Å². The van der Waals surface area contributed by atoms with E-state index in [0.717, 1.165) is 12.1 Å². The van der Waals surface area contributed by atoms with Gasteiger partial charge in [-0.1, -0.05) is 0 Å². The lowest BCUT2D eigenvalue weighted by molar-refractivity contribution is -0.132. The molecule has 94 valence electrons. The Bertz CT molecular complexity index is 417. The van der Waals surface area contributed by atoms with Crippen molar-refractivity contribution in [1.82, 2.24) is 5.32 Å². The second-order valence-electron chi connectivity index (χ2n) is 3.35. The first-order valence-electron chi connectivity index (χ1n) is 4.69. The summed E-state index contributed by atoms with van der Waals surface area (Å²) in [4.78, 5) is 11.4. The predicted octanol–water partition coefficient (Wildman–Crippen LogP) is 2.09. The maximum Gasteiger partial charge on any atom is 0.390 e. The van der Waals surface area contributed by atoms with Gasteiger partial charge in [0.25, 0.3) is 5.91 Å². The zero-order valence-electron chi connectivity index (χ0n) is 8.64. The highest BCUT2D eigenvalue weighted by Crippen LogP contribution is 2.18. The standard InChI is InChI=1S/C10H10F4N2O/c11-6-1-2-8(15)7(5-6)9(17)16-4-3-10(12,13)14/h1-2,5H,3-4,15H2,(H,16,17). The first kappa shape index (κ1) is 13.3. The highest BCUT2D eigenvalue weighted by molar-refractivity contribution is 5.99. The number of alkyl halides is 3. The number of carbonyl (C=O) groups excluding carboxylic acids is 1. The van der Waals surface area contributed by atoms with Crippen LogP contribution in [-0.2, 0) is 0 Å². The Morgan fingerprint density at radius 1 is 1.35 bits per heavy atom. The van der Waals surface area contributed by atoms with Gasteiger partial charge in [0, 0.05) is 12.2 Å². The molecule has 0 fully saturated rings. The molecule has 17 heavy (non-hydrogen) atoms. The second kappa shape index (κ2) is 5.03. The zero-order chi connectivity index (χ0) is 13.1.